The zero-order chi connectivity index (χ0) is 27.7. The highest BCUT2D eigenvalue weighted by molar-refractivity contribution is 14.1. The topological polar surface area (TPSA) is 138 Å². The number of aliphatic hydroxyl groups is 3. The fourth-order valence-corrected chi connectivity index (χ4v) is 6.05. The Morgan fingerprint density at radius 3 is 2.45 bits per heavy atom. The van der Waals surface area contributed by atoms with Crippen molar-refractivity contribution in [1.29, 1.82) is 0 Å². The van der Waals surface area contributed by atoms with Gasteiger partial charge in [0.25, 0.3) is 0 Å². The van der Waals surface area contributed by atoms with Gasteiger partial charge < -0.3 is 39.7 Å². The van der Waals surface area contributed by atoms with E-state index < -0.39 is 18.2 Å². The molecule has 0 radical (unpaired) electrons. The van der Waals surface area contributed by atoms with Gasteiger partial charge in [0, 0.05) is 31.7 Å². The van der Waals surface area contributed by atoms with E-state index in [0.29, 0.717) is 26.2 Å². The fourth-order valence-electron chi connectivity index (χ4n) is 5.26. The van der Waals surface area contributed by atoms with E-state index in [0.717, 1.165) is 38.5 Å². The van der Waals surface area contributed by atoms with Crippen molar-refractivity contribution in [1.82, 2.24) is 10.2 Å². The number of carbonyl (C=O) groups excluding carboxylic acids is 2. The van der Waals surface area contributed by atoms with Crippen molar-refractivity contribution in [3.8, 4) is 11.5 Å². The number of rotatable bonds is 11. The van der Waals surface area contributed by atoms with Crippen molar-refractivity contribution in [3.05, 3.63) is 32.9 Å². The Kier molecular flexibility index (Phi) is 12.1. The maximum Gasteiger partial charge on any atom is 0.249 e. The average molecular weight is 647 g/mol. The standard InChI is InChI=1S/C27H39IN2O8/c1-36-16-24(33)30(19-7-5-3-4-6-8-19)21-13-18(27(35)29-9-10-31)14-22(25(21)34)38-26-20(28)11-17(15-32)12-23(26)37-2/h11-12,14,19,21-22,25,31-32,34H,3-10,13,15-16H2,1-2H3,(H,29,35). The fraction of sp³-hybridized carbons (Fsp3) is 0.630. The van der Waals surface area contributed by atoms with Gasteiger partial charge in [0.2, 0.25) is 11.8 Å². The van der Waals surface area contributed by atoms with E-state index in [-0.39, 0.29) is 50.6 Å². The minimum absolute atomic E-state index is 0.0816. The molecule has 212 valence electrons. The minimum atomic E-state index is -1.13. The summed E-state index contributed by atoms with van der Waals surface area (Å²) in [4.78, 5) is 28.1. The summed E-state index contributed by atoms with van der Waals surface area (Å²) in [5.74, 6) is 0.122. The van der Waals surface area contributed by atoms with Crippen molar-refractivity contribution in [2.75, 3.05) is 34.0 Å². The lowest BCUT2D eigenvalue weighted by atomic mass is 9.86. The van der Waals surface area contributed by atoms with Gasteiger partial charge in [-0.25, -0.2) is 0 Å². The Morgan fingerprint density at radius 2 is 1.84 bits per heavy atom. The van der Waals surface area contributed by atoms with Crippen LogP contribution in [-0.4, -0.2) is 90.3 Å². The molecule has 0 aromatic heterocycles. The molecule has 38 heavy (non-hydrogen) atoms. The third-order valence-electron chi connectivity index (χ3n) is 7.07. The lowest BCUT2D eigenvalue weighted by molar-refractivity contribution is -0.146. The highest BCUT2D eigenvalue weighted by Gasteiger charge is 2.43. The number of halogens is 1. The van der Waals surface area contributed by atoms with Gasteiger partial charge in [0.1, 0.15) is 18.8 Å². The van der Waals surface area contributed by atoms with E-state index in [2.05, 4.69) is 27.9 Å². The molecule has 3 unspecified atom stereocenters. The Labute approximate surface area is 237 Å². The van der Waals surface area contributed by atoms with Crippen LogP contribution in [0.1, 0.15) is 50.5 Å². The van der Waals surface area contributed by atoms with Crippen LogP contribution in [0.3, 0.4) is 0 Å². The molecule has 1 aromatic carbocycles. The summed E-state index contributed by atoms with van der Waals surface area (Å²) in [6.45, 7) is -0.431. The second kappa shape index (κ2) is 15.0. The number of hydrogen-bond donors (Lipinski definition) is 4. The predicted octanol–water partition coefficient (Wildman–Crippen LogP) is 1.91. The first kappa shape index (κ1) is 30.6. The van der Waals surface area contributed by atoms with E-state index in [1.54, 1.807) is 23.1 Å². The molecule has 0 saturated heterocycles. The number of nitrogens with zero attached hydrogens (tertiary/aromatic N) is 1. The number of ether oxygens (including phenoxy) is 3. The Bertz CT molecular complexity index is 980. The molecule has 1 aromatic rings. The first-order valence-corrected chi connectivity index (χ1v) is 14.1. The maximum atomic E-state index is 13.4. The van der Waals surface area contributed by atoms with Gasteiger partial charge in [0.15, 0.2) is 11.5 Å². The van der Waals surface area contributed by atoms with Crippen LogP contribution in [0.5, 0.6) is 11.5 Å². The molecule has 2 aliphatic rings. The van der Waals surface area contributed by atoms with Gasteiger partial charge >= 0.3 is 0 Å². The Balaban J connectivity index is 2.02. The van der Waals surface area contributed by atoms with Gasteiger partial charge in [-0.2, -0.15) is 0 Å². The summed E-state index contributed by atoms with van der Waals surface area (Å²) >= 11 is 2.07. The van der Waals surface area contributed by atoms with Gasteiger partial charge in [-0.3, -0.25) is 9.59 Å². The van der Waals surface area contributed by atoms with Crippen LogP contribution < -0.4 is 14.8 Å². The molecule has 3 atom stereocenters. The maximum absolute atomic E-state index is 13.4. The Morgan fingerprint density at radius 1 is 1.13 bits per heavy atom. The van der Waals surface area contributed by atoms with Crippen LogP contribution in [-0.2, 0) is 20.9 Å². The monoisotopic (exact) mass is 646 g/mol. The smallest absolute Gasteiger partial charge is 0.249 e. The first-order valence-electron chi connectivity index (χ1n) is 13.1. The summed E-state index contributed by atoms with van der Waals surface area (Å²) in [6, 6.07) is 2.61. The molecule has 10 nitrogen and oxygen atoms in total. The molecule has 3 rings (SSSR count). The van der Waals surface area contributed by atoms with Crippen molar-refractivity contribution in [2.24, 2.45) is 0 Å². The van der Waals surface area contributed by atoms with Gasteiger partial charge in [0.05, 0.1) is 29.9 Å². The van der Waals surface area contributed by atoms with Crippen LogP contribution in [0.25, 0.3) is 0 Å². The summed E-state index contributed by atoms with van der Waals surface area (Å²) < 4.78 is 17.6. The zero-order valence-corrected chi connectivity index (χ0v) is 24.2. The molecular weight excluding hydrogens is 607 g/mol. The largest absolute Gasteiger partial charge is 0.493 e. The van der Waals surface area contributed by atoms with E-state index >= 15 is 0 Å². The van der Waals surface area contributed by atoms with E-state index in [1.807, 2.05) is 0 Å². The SMILES string of the molecule is COCC(=O)N(C1CCCCCC1)C1CC(C(=O)NCCO)=CC(Oc2c(I)cc(CO)cc2OC)C1O. The molecular formula is C27H39IN2O8. The predicted molar refractivity (Wildman–Crippen MR) is 149 cm³/mol. The highest BCUT2D eigenvalue weighted by Crippen LogP contribution is 2.38. The first-order chi connectivity index (χ1) is 18.3. The normalized spacial score (nSPS) is 22.3. The molecule has 0 heterocycles. The van der Waals surface area contributed by atoms with Gasteiger partial charge in [-0.15, -0.1) is 0 Å². The average Bonchev–Trinajstić information content (AvgIpc) is 3.19. The lowest BCUT2D eigenvalue weighted by Gasteiger charge is -2.44. The van der Waals surface area contributed by atoms with Crippen LogP contribution in [0.15, 0.2) is 23.8 Å². The van der Waals surface area contributed by atoms with Crippen molar-refractivity contribution in [3.63, 3.8) is 0 Å². The molecule has 1 saturated carbocycles. The quantitative estimate of drug-likeness (QED) is 0.212. The third-order valence-corrected chi connectivity index (χ3v) is 7.87. The van der Waals surface area contributed by atoms with Crippen LogP contribution in [0.2, 0.25) is 0 Å². The Hall–Kier alpha value is -1.93. The summed E-state index contributed by atoms with van der Waals surface area (Å²) in [5.41, 5.74) is 1.01. The highest BCUT2D eigenvalue weighted by atomic mass is 127. The molecule has 2 aliphatic carbocycles. The van der Waals surface area contributed by atoms with E-state index in [1.165, 1.54) is 14.2 Å². The van der Waals surface area contributed by atoms with Crippen molar-refractivity contribution in [2.45, 2.75) is 75.8 Å². The zero-order valence-electron chi connectivity index (χ0n) is 22.0. The van der Waals surface area contributed by atoms with Crippen molar-refractivity contribution < 1.29 is 39.1 Å². The summed E-state index contributed by atoms with van der Waals surface area (Å²) in [5, 5.41) is 33.1. The number of carbonyl (C=O) groups is 2. The molecule has 0 spiro atoms. The minimum Gasteiger partial charge on any atom is -0.493 e. The summed E-state index contributed by atoms with van der Waals surface area (Å²) in [6.07, 6.45) is 5.41. The molecule has 0 aliphatic heterocycles. The second-order valence-corrected chi connectivity index (χ2v) is 10.8. The third kappa shape index (κ3) is 7.59. The number of hydrogen-bond acceptors (Lipinski definition) is 8. The number of aliphatic hydroxyl groups excluding tert-OH is 3. The van der Waals surface area contributed by atoms with Crippen molar-refractivity contribution >= 4 is 34.4 Å². The molecule has 11 heteroatoms. The van der Waals surface area contributed by atoms with Crippen LogP contribution in [0, 0.1) is 3.57 Å². The summed E-state index contributed by atoms with van der Waals surface area (Å²) in [7, 11) is 2.95. The molecule has 1 fully saturated rings. The van der Waals surface area contributed by atoms with Crippen LogP contribution in [0.4, 0.5) is 0 Å². The lowest BCUT2D eigenvalue weighted by Crippen LogP contribution is -2.58. The number of benzene rings is 1. The molecule has 2 amide bonds. The molecule has 0 bridgehead atoms. The van der Waals surface area contributed by atoms with Gasteiger partial charge in [-0.1, -0.05) is 25.7 Å². The van der Waals surface area contributed by atoms with E-state index in [9.17, 15) is 24.9 Å². The molecule has 4 N–H and O–H groups in total. The number of methoxy groups -OCH3 is 2. The second-order valence-electron chi connectivity index (χ2n) is 9.66. The van der Waals surface area contributed by atoms with Crippen LogP contribution >= 0.6 is 22.6 Å². The number of amides is 2. The van der Waals surface area contributed by atoms with E-state index in [4.69, 9.17) is 14.2 Å². The number of nitrogens with one attached hydrogen (secondary N) is 1. The van der Waals surface area contributed by atoms with Gasteiger partial charge in [-0.05, 0) is 59.2 Å².